The molecule has 0 radical (unpaired) electrons. The first-order valence-corrected chi connectivity index (χ1v) is 4.05. The largest absolute Gasteiger partial charge is 0.384 e. The Morgan fingerprint density at radius 2 is 2.54 bits per heavy atom. The van der Waals surface area contributed by atoms with E-state index in [1.165, 1.54) is 6.92 Å². The van der Waals surface area contributed by atoms with Crippen LogP contribution in [0.15, 0.2) is 24.5 Å². The monoisotopic (exact) mass is 180 g/mol. The van der Waals surface area contributed by atoms with Gasteiger partial charge in [-0.3, -0.25) is 9.78 Å². The van der Waals surface area contributed by atoms with Gasteiger partial charge in [0.2, 0.25) is 5.91 Å². The summed E-state index contributed by atoms with van der Waals surface area (Å²) in [5, 5.41) is 11.4. The Bertz CT molecular complexity index is 272. The van der Waals surface area contributed by atoms with Gasteiger partial charge in [0.1, 0.15) is 6.10 Å². The van der Waals surface area contributed by atoms with Gasteiger partial charge in [-0.2, -0.15) is 0 Å². The summed E-state index contributed by atoms with van der Waals surface area (Å²) in [5.41, 5.74) is 0.913. The minimum absolute atomic E-state index is 0.371. The van der Waals surface area contributed by atoms with E-state index in [4.69, 9.17) is 5.11 Å². The van der Waals surface area contributed by atoms with E-state index < -0.39 is 6.10 Å². The number of carbonyl (C=O) groups excluding carboxylic acids is 1. The van der Waals surface area contributed by atoms with Crippen LogP contribution in [0.25, 0.3) is 0 Å². The van der Waals surface area contributed by atoms with E-state index in [9.17, 15) is 4.79 Å². The average Bonchev–Trinajstić information content (AvgIpc) is 2.15. The normalized spacial score (nSPS) is 12.2. The average molecular weight is 180 g/mol. The maximum atomic E-state index is 10.9. The van der Waals surface area contributed by atoms with Gasteiger partial charge >= 0.3 is 0 Å². The first kappa shape index (κ1) is 9.67. The van der Waals surface area contributed by atoms with Crippen molar-refractivity contribution in [2.45, 2.75) is 19.6 Å². The highest BCUT2D eigenvalue weighted by molar-refractivity contribution is 5.79. The Morgan fingerprint density at radius 1 is 1.77 bits per heavy atom. The Labute approximate surface area is 76.6 Å². The summed E-state index contributed by atoms with van der Waals surface area (Å²) in [6.45, 7) is 1.83. The third kappa shape index (κ3) is 3.21. The lowest BCUT2D eigenvalue weighted by Gasteiger charge is -2.05. The van der Waals surface area contributed by atoms with Gasteiger partial charge in [-0.1, -0.05) is 6.07 Å². The first-order chi connectivity index (χ1) is 6.20. The van der Waals surface area contributed by atoms with Gasteiger partial charge in [0, 0.05) is 18.9 Å². The second kappa shape index (κ2) is 4.57. The number of pyridine rings is 1. The van der Waals surface area contributed by atoms with Crippen molar-refractivity contribution in [2.75, 3.05) is 0 Å². The molecule has 0 spiro atoms. The maximum absolute atomic E-state index is 10.9. The molecule has 0 aliphatic carbocycles. The zero-order valence-corrected chi connectivity index (χ0v) is 7.40. The molecule has 0 bridgehead atoms. The van der Waals surface area contributed by atoms with Crippen molar-refractivity contribution in [3.8, 4) is 0 Å². The van der Waals surface area contributed by atoms with E-state index in [0.717, 1.165) is 5.56 Å². The van der Waals surface area contributed by atoms with Gasteiger partial charge < -0.3 is 10.4 Å². The Kier molecular flexibility index (Phi) is 3.40. The van der Waals surface area contributed by atoms with Gasteiger partial charge in [-0.25, -0.2) is 0 Å². The second-order valence-corrected chi connectivity index (χ2v) is 2.76. The number of carbonyl (C=O) groups is 1. The molecule has 2 N–H and O–H groups in total. The predicted octanol–water partition coefficient (Wildman–Crippen LogP) is 0.0786. The predicted molar refractivity (Wildman–Crippen MR) is 47.8 cm³/mol. The fraction of sp³-hybridized carbons (Fsp3) is 0.333. The number of hydrogen-bond donors (Lipinski definition) is 2. The van der Waals surface area contributed by atoms with E-state index in [1.54, 1.807) is 18.5 Å². The van der Waals surface area contributed by atoms with Crippen LogP contribution in [0.3, 0.4) is 0 Å². The van der Waals surface area contributed by atoms with Crippen molar-refractivity contribution in [3.63, 3.8) is 0 Å². The van der Waals surface area contributed by atoms with E-state index in [2.05, 4.69) is 10.3 Å². The molecule has 0 fully saturated rings. The molecule has 1 amide bonds. The van der Waals surface area contributed by atoms with Crippen molar-refractivity contribution in [2.24, 2.45) is 0 Å². The van der Waals surface area contributed by atoms with Crippen LogP contribution in [0.4, 0.5) is 0 Å². The molecule has 1 rings (SSSR count). The highest BCUT2D eigenvalue weighted by atomic mass is 16.3. The van der Waals surface area contributed by atoms with Crippen molar-refractivity contribution in [1.29, 1.82) is 0 Å². The molecule has 13 heavy (non-hydrogen) atoms. The van der Waals surface area contributed by atoms with Crippen molar-refractivity contribution >= 4 is 5.91 Å². The summed E-state index contributed by atoms with van der Waals surface area (Å²) in [5.74, 6) is -0.371. The minimum Gasteiger partial charge on any atom is -0.384 e. The van der Waals surface area contributed by atoms with Crippen LogP contribution in [-0.4, -0.2) is 22.1 Å². The van der Waals surface area contributed by atoms with Crippen LogP contribution in [-0.2, 0) is 11.3 Å². The third-order valence-corrected chi connectivity index (χ3v) is 1.57. The fourth-order valence-electron chi connectivity index (χ4n) is 0.840. The molecule has 0 saturated carbocycles. The maximum Gasteiger partial charge on any atom is 0.248 e. The zero-order chi connectivity index (χ0) is 9.68. The molecule has 0 saturated heterocycles. The smallest absolute Gasteiger partial charge is 0.248 e. The van der Waals surface area contributed by atoms with Crippen LogP contribution < -0.4 is 5.32 Å². The fourth-order valence-corrected chi connectivity index (χ4v) is 0.840. The van der Waals surface area contributed by atoms with Gasteiger partial charge in [0.05, 0.1) is 0 Å². The second-order valence-electron chi connectivity index (χ2n) is 2.76. The number of aromatic nitrogens is 1. The van der Waals surface area contributed by atoms with E-state index in [0.29, 0.717) is 6.54 Å². The van der Waals surface area contributed by atoms with Gasteiger partial charge in [0.25, 0.3) is 0 Å². The molecule has 1 heterocycles. The summed E-state index contributed by atoms with van der Waals surface area (Å²) in [6.07, 6.45) is 2.37. The number of nitrogens with zero attached hydrogens (tertiary/aromatic N) is 1. The summed E-state index contributed by atoms with van der Waals surface area (Å²) in [6, 6.07) is 3.65. The number of aliphatic hydroxyl groups excluding tert-OH is 1. The Morgan fingerprint density at radius 3 is 3.08 bits per heavy atom. The van der Waals surface area contributed by atoms with Crippen molar-refractivity contribution < 1.29 is 9.90 Å². The van der Waals surface area contributed by atoms with Gasteiger partial charge in [0.15, 0.2) is 0 Å². The minimum atomic E-state index is -0.961. The molecule has 70 valence electrons. The molecule has 1 atom stereocenters. The number of rotatable bonds is 3. The van der Waals surface area contributed by atoms with Crippen molar-refractivity contribution in [1.82, 2.24) is 10.3 Å². The topological polar surface area (TPSA) is 62.2 Å². The third-order valence-electron chi connectivity index (χ3n) is 1.57. The SMILES string of the molecule is CC(O)C(=O)NCc1cccnc1. The van der Waals surface area contributed by atoms with E-state index >= 15 is 0 Å². The lowest BCUT2D eigenvalue weighted by molar-refractivity contribution is -0.128. The Balaban J connectivity index is 2.40. The molecule has 4 heteroatoms. The quantitative estimate of drug-likeness (QED) is 0.692. The number of nitrogens with one attached hydrogen (secondary N) is 1. The van der Waals surface area contributed by atoms with Crippen LogP contribution >= 0.6 is 0 Å². The van der Waals surface area contributed by atoms with E-state index in [-0.39, 0.29) is 5.91 Å². The highest BCUT2D eigenvalue weighted by Gasteiger charge is 2.06. The molecular weight excluding hydrogens is 168 g/mol. The number of hydrogen-bond acceptors (Lipinski definition) is 3. The molecule has 1 aromatic rings. The number of amides is 1. The van der Waals surface area contributed by atoms with Crippen LogP contribution in [0.5, 0.6) is 0 Å². The van der Waals surface area contributed by atoms with Crippen LogP contribution in [0, 0.1) is 0 Å². The summed E-state index contributed by atoms with van der Waals surface area (Å²) < 4.78 is 0. The summed E-state index contributed by atoms with van der Waals surface area (Å²) >= 11 is 0. The molecule has 1 aromatic heterocycles. The molecule has 0 aromatic carbocycles. The van der Waals surface area contributed by atoms with Crippen LogP contribution in [0.1, 0.15) is 12.5 Å². The lowest BCUT2D eigenvalue weighted by Crippen LogP contribution is -2.31. The summed E-state index contributed by atoms with van der Waals surface area (Å²) in [7, 11) is 0. The molecule has 1 unspecified atom stereocenters. The lowest BCUT2D eigenvalue weighted by atomic mass is 10.3. The molecule has 4 nitrogen and oxygen atoms in total. The molecule has 0 aliphatic rings. The zero-order valence-electron chi connectivity index (χ0n) is 7.40. The first-order valence-electron chi connectivity index (χ1n) is 4.05. The highest BCUT2D eigenvalue weighted by Crippen LogP contribution is 1.94. The van der Waals surface area contributed by atoms with E-state index in [1.807, 2.05) is 6.07 Å². The van der Waals surface area contributed by atoms with Gasteiger partial charge in [-0.15, -0.1) is 0 Å². The molecular formula is C9H12N2O2. The van der Waals surface area contributed by atoms with Gasteiger partial charge in [-0.05, 0) is 18.6 Å². The number of aliphatic hydroxyl groups is 1. The molecule has 0 aliphatic heterocycles. The standard InChI is InChI=1S/C9H12N2O2/c1-7(12)9(13)11-6-8-3-2-4-10-5-8/h2-5,7,12H,6H2,1H3,(H,11,13). The Hall–Kier alpha value is -1.42. The summed E-state index contributed by atoms with van der Waals surface area (Å²) in [4.78, 5) is 14.8. The van der Waals surface area contributed by atoms with Crippen LogP contribution in [0.2, 0.25) is 0 Å². The van der Waals surface area contributed by atoms with Crippen molar-refractivity contribution in [3.05, 3.63) is 30.1 Å².